The molecule has 0 spiro atoms. The lowest BCUT2D eigenvalue weighted by Crippen LogP contribution is -2.06. The van der Waals surface area contributed by atoms with E-state index in [1.807, 2.05) is 37.3 Å². The van der Waals surface area contributed by atoms with Crippen LogP contribution in [0.4, 0.5) is 4.39 Å². The molecule has 0 bridgehead atoms. The van der Waals surface area contributed by atoms with Gasteiger partial charge in [-0.05, 0) is 75.9 Å². The van der Waals surface area contributed by atoms with Gasteiger partial charge < -0.3 is 24.4 Å². The molecule has 3 aromatic rings. The maximum atomic E-state index is 13.1. The minimum atomic E-state index is -0.279. The first-order valence-corrected chi connectivity index (χ1v) is 11.1. The Morgan fingerprint density at radius 1 is 0.909 bits per heavy atom. The summed E-state index contributed by atoms with van der Waals surface area (Å²) in [5.41, 5.74) is 5.73. The summed E-state index contributed by atoms with van der Waals surface area (Å²) < 4.78 is 36.1. The summed E-state index contributed by atoms with van der Waals surface area (Å²) in [5.74, 6) is 2.24. The van der Waals surface area contributed by atoms with Gasteiger partial charge in [0.05, 0.1) is 38.1 Å². The van der Waals surface area contributed by atoms with Crippen molar-refractivity contribution < 1.29 is 23.3 Å². The van der Waals surface area contributed by atoms with E-state index in [0.717, 1.165) is 21.2 Å². The van der Waals surface area contributed by atoms with E-state index in [0.29, 0.717) is 42.8 Å². The molecule has 0 aliphatic carbocycles. The lowest BCUT2D eigenvalue weighted by molar-refractivity contribution is 0.267. The molecule has 0 fully saturated rings. The fourth-order valence-corrected chi connectivity index (χ4v) is 3.62. The number of nitrogens with zero attached hydrogens (tertiary/aromatic N) is 1. The molecule has 0 unspecified atom stereocenters. The number of rotatable bonds is 11. The van der Waals surface area contributed by atoms with Gasteiger partial charge in [-0.1, -0.05) is 18.2 Å². The van der Waals surface area contributed by atoms with Gasteiger partial charge in [-0.2, -0.15) is 5.10 Å². The van der Waals surface area contributed by atoms with Crippen LogP contribution in [0.15, 0.2) is 64.2 Å². The maximum absolute atomic E-state index is 13.1. The third kappa shape index (κ3) is 6.86. The van der Waals surface area contributed by atoms with Crippen molar-refractivity contribution in [3.63, 3.8) is 0 Å². The van der Waals surface area contributed by atoms with E-state index in [-0.39, 0.29) is 5.82 Å². The van der Waals surface area contributed by atoms with Crippen LogP contribution in [0, 0.1) is 5.82 Å². The largest absolute Gasteiger partial charge is 0.493 e. The molecule has 0 saturated carbocycles. The van der Waals surface area contributed by atoms with Crippen molar-refractivity contribution in [3.05, 3.63) is 81.6 Å². The second kappa shape index (κ2) is 12.1. The van der Waals surface area contributed by atoms with Crippen LogP contribution >= 0.6 is 15.9 Å². The van der Waals surface area contributed by atoms with Crippen molar-refractivity contribution in [2.45, 2.75) is 20.1 Å². The van der Waals surface area contributed by atoms with Crippen molar-refractivity contribution in [1.82, 2.24) is 5.43 Å². The number of nitrogens with one attached hydrogen (secondary N) is 1. The predicted molar refractivity (Wildman–Crippen MR) is 130 cm³/mol. The summed E-state index contributed by atoms with van der Waals surface area (Å²) in [7, 11) is 3.21. The van der Waals surface area contributed by atoms with Crippen molar-refractivity contribution in [2.24, 2.45) is 5.10 Å². The molecule has 174 valence electrons. The van der Waals surface area contributed by atoms with Gasteiger partial charge in [-0.15, -0.1) is 0 Å². The quantitative estimate of drug-likeness (QED) is 0.261. The molecule has 3 rings (SSSR count). The van der Waals surface area contributed by atoms with E-state index in [4.69, 9.17) is 18.9 Å². The monoisotopic (exact) mass is 516 g/mol. The van der Waals surface area contributed by atoms with E-state index in [1.54, 1.807) is 32.6 Å². The van der Waals surface area contributed by atoms with Crippen LogP contribution in [0.2, 0.25) is 0 Å². The zero-order valence-electron chi connectivity index (χ0n) is 18.7. The third-order valence-corrected chi connectivity index (χ3v) is 5.25. The molecular formula is C25H26BrFN2O4. The molecule has 33 heavy (non-hydrogen) atoms. The molecule has 8 heteroatoms. The van der Waals surface area contributed by atoms with Gasteiger partial charge in [0.15, 0.2) is 23.0 Å². The zero-order valence-corrected chi connectivity index (χ0v) is 20.3. The van der Waals surface area contributed by atoms with Gasteiger partial charge in [0, 0.05) is 0 Å². The topological polar surface area (TPSA) is 61.3 Å². The number of ether oxygens (including phenoxy) is 4. The first-order chi connectivity index (χ1) is 16.0. The number of hydrogen-bond acceptors (Lipinski definition) is 6. The summed E-state index contributed by atoms with van der Waals surface area (Å²) >= 11 is 3.56. The highest BCUT2D eigenvalue weighted by molar-refractivity contribution is 9.10. The van der Waals surface area contributed by atoms with Crippen LogP contribution in [0.5, 0.6) is 23.0 Å². The summed E-state index contributed by atoms with van der Waals surface area (Å²) in [6.45, 7) is 3.20. The second-order valence-corrected chi connectivity index (χ2v) is 7.81. The molecule has 3 aromatic carbocycles. The summed E-state index contributed by atoms with van der Waals surface area (Å²) in [5, 5.41) is 4.31. The Labute approximate surface area is 201 Å². The highest BCUT2D eigenvalue weighted by atomic mass is 79.9. The number of hydrazone groups is 1. The lowest BCUT2D eigenvalue weighted by atomic mass is 10.2. The van der Waals surface area contributed by atoms with Crippen LogP contribution < -0.4 is 24.4 Å². The minimum Gasteiger partial charge on any atom is -0.493 e. The Hall–Kier alpha value is -3.26. The smallest absolute Gasteiger partial charge is 0.175 e. The van der Waals surface area contributed by atoms with Gasteiger partial charge in [0.25, 0.3) is 0 Å². The van der Waals surface area contributed by atoms with Gasteiger partial charge in [-0.3, -0.25) is 0 Å². The third-order valence-electron chi connectivity index (χ3n) is 4.66. The average Bonchev–Trinajstić information content (AvgIpc) is 2.82. The zero-order chi connectivity index (χ0) is 23.6. The van der Waals surface area contributed by atoms with Crippen molar-refractivity contribution in [3.8, 4) is 23.0 Å². The Morgan fingerprint density at radius 2 is 1.64 bits per heavy atom. The second-order valence-electron chi connectivity index (χ2n) is 6.96. The molecule has 0 aromatic heterocycles. The fourth-order valence-electron chi connectivity index (χ4n) is 3.05. The standard InChI is InChI=1S/C25H26BrFN2O4/c1-4-32-24-13-19(11-21(26)25(24)33-16-17-5-8-20(27)9-6-17)15-29-28-14-18-7-10-22(30-2)23(12-18)31-3/h5-13,15,28H,4,14,16H2,1-3H3/b29-15+. The molecule has 0 aliphatic rings. The normalized spacial score (nSPS) is 10.8. The van der Waals surface area contributed by atoms with Gasteiger partial charge in [0.1, 0.15) is 12.4 Å². The highest BCUT2D eigenvalue weighted by Crippen LogP contribution is 2.37. The minimum absolute atomic E-state index is 0.279. The first-order valence-electron chi connectivity index (χ1n) is 10.3. The predicted octanol–water partition coefficient (Wildman–Crippen LogP) is 5.71. The average molecular weight is 517 g/mol. The van der Waals surface area contributed by atoms with E-state index in [9.17, 15) is 4.39 Å². The Balaban J connectivity index is 1.66. The Bertz CT molecular complexity index is 1090. The van der Waals surface area contributed by atoms with Crippen LogP contribution in [0.1, 0.15) is 23.6 Å². The van der Waals surface area contributed by atoms with Crippen molar-refractivity contribution in [2.75, 3.05) is 20.8 Å². The van der Waals surface area contributed by atoms with E-state index >= 15 is 0 Å². The van der Waals surface area contributed by atoms with Gasteiger partial charge in [-0.25, -0.2) is 4.39 Å². The summed E-state index contributed by atoms with van der Waals surface area (Å²) in [6.07, 6.45) is 1.71. The molecule has 0 aliphatic heterocycles. The highest BCUT2D eigenvalue weighted by Gasteiger charge is 2.12. The Kier molecular flexibility index (Phi) is 8.95. The van der Waals surface area contributed by atoms with Gasteiger partial charge in [0.2, 0.25) is 0 Å². The molecule has 0 amide bonds. The number of halogens is 2. The molecule has 0 radical (unpaired) electrons. The number of benzene rings is 3. The fraction of sp³-hybridized carbons (Fsp3) is 0.240. The van der Waals surface area contributed by atoms with E-state index in [2.05, 4.69) is 26.5 Å². The van der Waals surface area contributed by atoms with Crippen LogP contribution in [-0.2, 0) is 13.2 Å². The summed E-state index contributed by atoms with van der Waals surface area (Å²) in [6, 6.07) is 15.6. The maximum Gasteiger partial charge on any atom is 0.175 e. The Morgan fingerprint density at radius 3 is 2.33 bits per heavy atom. The van der Waals surface area contributed by atoms with Crippen LogP contribution in [-0.4, -0.2) is 27.0 Å². The number of hydrogen-bond donors (Lipinski definition) is 1. The number of methoxy groups -OCH3 is 2. The lowest BCUT2D eigenvalue weighted by Gasteiger charge is -2.14. The van der Waals surface area contributed by atoms with Crippen LogP contribution in [0.25, 0.3) is 0 Å². The molecule has 0 atom stereocenters. The van der Waals surface area contributed by atoms with Crippen LogP contribution in [0.3, 0.4) is 0 Å². The molecule has 6 nitrogen and oxygen atoms in total. The molecular weight excluding hydrogens is 491 g/mol. The first kappa shape index (κ1) is 24.4. The molecule has 0 heterocycles. The van der Waals surface area contributed by atoms with Crippen molar-refractivity contribution in [1.29, 1.82) is 0 Å². The van der Waals surface area contributed by atoms with E-state index in [1.165, 1.54) is 12.1 Å². The SMILES string of the molecule is CCOc1cc(/C=N/NCc2ccc(OC)c(OC)c2)cc(Br)c1OCc1ccc(F)cc1. The molecule has 1 N–H and O–H groups in total. The van der Waals surface area contributed by atoms with Gasteiger partial charge >= 0.3 is 0 Å². The van der Waals surface area contributed by atoms with Crippen molar-refractivity contribution >= 4 is 22.1 Å². The summed E-state index contributed by atoms with van der Waals surface area (Å²) in [4.78, 5) is 0. The molecule has 0 saturated heterocycles. The van der Waals surface area contributed by atoms with E-state index < -0.39 is 0 Å².